The van der Waals surface area contributed by atoms with E-state index in [-0.39, 0.29) is 12.5 Å². The molecule has 0 aliphatic carbocycles. The summed E-state index contributed by atoms with van der Waals surface area (Å²) in [5.74, 6) is -0.858. The van der Waals surface area contributed by atoms with Gasteiger partial charge in [0.2, 0.25) is 0 Å². The van der Waals surface area contributed by atoms with Gasteiger partial charge in [0.1, 0.15) is 5.75 Å². The highest BCUT2D eigenvalue weighted by molar-refractivity contribution is 5.97. The molecule has 0 saturated heterocycles. The van der Waals surface area contributed by atoms with Crippen LogP contribution in [0.3, 0.4) is 0 Å². The van der Waals surface area contributed by atoms with Crippen molar-refractivity contribution in [2.24, 2.45) is 0 Å². The van der Waals surface area contributed by atoms with E-state index in [1.165, 1.54) is 13.3 Å². The van der Waals surface area contributed by atoms with Crippen LogP contribution in [0, 0.1) is 0 Å². The van der Waals surface area contributed by atoms with Gasteiger partial charge in [-0.3, -0.25) is 9.59 Å². The molecule has 3 rings (SSSR count). The van der Waals surface area contributed by atoms with Gasteiger partial charge in [0.15, 0.2) is 5.65 Å². The summed E-state index contributed by atoms with van der Waals surface area (Å²) >= 11 is 0. The molecule has 8 heteroatoms. The molecule has 1 unspecified atom stereocenters. The number of methoxy groups -OCH3 is 1. The second-order valence-electron chi connectivity index (χ2n) is 7.41. The quantitative estimate of drug-likeness (QED) is 0.635. The molecule has 3 aromatic rings. The van der Waals surface area contributed by atoms with Gasteiger partial charge >= 0.3 is 5.97 Å². The summed E-state index contributed by atoms with van der Waals surface area (Å²) in [6.45, 7) is 5.68. The first-order chi connectivity index (χ1) is 13.7. The molecule has 2 aromatic heterocycles. The van der Waals surface area contributed by atoms with Crippen molar-refractivity contribution in [1.29, 1.82) is 0 Å². The molecule has 0 fully saturated rings. The summed E-state index contributed by atoms with van der Waals surface area (Å²) in [5.41, 5.74) is 0.529. The fourth-order valence-electron chi connectivity index (χ4n) is 3.25. The predicted octanol–water partition coefficient (Wildman–Crippen LogP) is 3.14. The van der Waals surface area contributed by atoms with Crippen LogP contribution in [-0.2, 0) is 10.3 Å². The molecular formula is C21H24N4O4. The monoisotopic (exact) mass is 396 g/mol. The number of ether oxygens (including phenoxy) is 1. The molecule has 0 bridgehead atoms. The van der Waals surface area contributed by atoms with Crippen LogP contribution in [0.15, 0.2) is 42.7 Å². The maximum atomic E-state index is 13.0. The number of hydrogen-bond acceptors (Lipinski definition) is 5. The van der Waals surface area contributed by atoms with Crippen molar-refractivity contribution >= 4 is 22.9 Å². The zero-order valence-electron chi connectivity index (χ0n) is 16.8. The Bertz CT molecular complexity index is 1060. The Balaban J connectivity index is 1.94. The van der Waals surface area contributed by atoms with Crippen LogP contribution in [0.5, 0.6) is 5.75 Å². The number of nitrogens with one attached hydrogen (secondary N) is 1. The van der Waals surface area contributed by atoms with E-state index < -0.39 is 17.4 Å². The van der Waals surface area contributed by atoms with Gasteiger partial charge in [-0.15, -0.1) is 0 Å². The van der Waals surface area contributed by atoms with E-state index in [1.54, 1.807) is 48.1 Å². The number of benzene rings is 1. The fourth-order valence-corrected chi connectivity index (χ4v) is 3.25. The molecule has 29 heavy (non-hydrogen) atoms. The van der Waals surface area contributed by atoms with E-state index in [0.717, 1.165) is 5.39 Å². The standard InChI is InChI=1S/C21H24N4O4/c1-13(2)25-19-14(12-23-25)8-15(11-22-19)20(28)24-21(3,10-18(26)27)16-6-5-7-17(9-16)29-4/h5-9,11-13H,10H2,1-4H3,(H,24,28)(H,26,27). The Hall–Kier alpha value is -3.42. The number of pyridine rings is 1. The number of amides is 1. The van der Waals surface area contributed by atoms with Crippen LogP contribution in [-0.4, -0.2) is 38.9 Å². The van der Waals surface area contributed by atoms with E-state index in [1.807, 2.05) is 13.8 Å². The second kappa shape index (κ2) is 7.90. The maximum Gasteiger partial charge on any atom is 0.306 e. The normalized spacial score (nSPS) is 13.3. The SMILES string of the molecule is COc1cccc(C(C)(CC(=O)O)NC(=O)c2cnc3c(cnn3C(C)C)c2)c1. The first kappa shape index (κ1) is 20.3. The zero-order valence-corrected chi connectivity index (χ0v) is 16.8. The lowest BCUT2D eigenvalue weighted by Crippen LogP contribution is -2.45. The lowest BCUT2D eigenvalue weighted by molar-refractivity contribution is -0.138. The summed E-state index contributed by atoms with van der Waals surface area (Å²) in [7, 11) is 1.53. The average Bonchev–Trinajstić information content (AvgIpc) is 3.10. The smallest absolute Gasteiger partial charge is 0.306 e. The fraction of sp³-hybridized carbons (Fsp3) is 0.333. The minimum atomic E-state index is -1.13. The highest BCUT2D eigenvalue weighted by Gasteiger charge is 2.32. The molecule has 0 aliphatic rings. The van der Waals surface area contributed by atoms with Crippen molar-refractivity contribution in [1.82, 2.24) is 20.1 Å². The van der Waals surface area contributed by atoms with E-state index in [0.29, 0.717) is 22.5 Å². The Kier molecular flexibility index (Phi) is 5.54. The number of rotatable bonds is 7. The zero-order chi connectivity index (χ0) is 21.2. The van der Waals surface area contributed by atoms with E-state index in [4.69, 9.17) is 4.74 Å². The van der Waals surface area contributed by atoms with E-state index >= 15 is 0 Å². The Morgan fingerprint density at radius 2 is 2.03 bits per heavy atom. The number of carbonyl (C=O) groups excluding carboxylic acids is 1. The predicted molar refractivity (Wildman–Crippen MR) is 108 cm³/mol. The number of aliphatic carboxylic acids is 1. The largest absolute Gasteiger partial charge is 0.497 e. The number of fused-ring (bicyclic) bond motifs is 1. The first-order valence-corrected chi connectivity index (χ1v) is 9.25. The van der Waals surface area contributed by atoms with Gasteiger partial charge in [0.05, 0.1) is 30.8 Å². The highest BCUT2D eigenvalue weighted by atomic mass is 16.5. The Morgan fingerprint density at radius 3 is 2.69 bits per heavy atom. The van der Waals surface area contributed by atoms with Crippen LogP contribution in [0.2, 0.25) is 0 Å². The van der Waals surface area contributed by atoms with Crippen LogP contribution < -0.4 is 10.1 Å². The minimum Gasteiger partial charge on any atom is -0.497 e. The third kappa shape index (κ3) is 4.21. The molecule has 152 valence electrons. The third-order valence-corrected chi connectivity index (χ3v) is 4.79. The van der Waals surface area contributed by atoms with E-state index in [2.05, 4.69) is 15.4 Å². The molecule has 1 amide bonds. The Morgan fingerprint density at radius 1 is 1.28 bits per heavy atom. The number of carboxylic acids is 1. The third-order valence-electron chi connectivity index (χ3n) is 4.79. The lowest BCUT2D eigenvalue weighted by atomic mass is 9.88. The van der Waals surface area contributed by atoms with Crippen molar-refractivity contribution in [3.63, 3.8) is 0 Å². The number of carboxylic acid groups (broad SMARTS) is 1. The molecule has 2 heterocycles. The van der Waals surface area contributed by atoms with Crippen LogP contribution >= 0.6 is 0 Å². The molecular weight excluding hydrogens is 372 g/mol. The molecule has 0 radical (unpaired) electrons. The Labute approximate surface area is 168 Å². The van der Waals surface area contributed by atoms with Gasteiger partial charge in [-0.1, -0.05) is 12.1 Å². The van der Waals surface area contributed by atoms with Crippen LogP contribution in [0.4, 0.5) is 0 Å². The van der Waals surface area contributed by atoms with Crippen molar-refractivity contribution in [3.05, 3.63) is 53.9 Å². The molecule has 0 saturated carbocycles. The second-order valence-corrected chi connectivity index (χ2v) is 7.41. The van der Waals surface area contributed by atoms with E-state index in [9.17, 15) is 14.7 Å². The maximum absolute atomic E-state index is 13.0. The summed E-state index contributed by atoms with van der Waals surface area (Å²) < 4.78 is 7.01. The number of carbonyl (C=O) groups is 2. The summed E-state index contributed by atoms with van der Waals surface area (Å²) in [5, 5.41) is 17.3. The van der Waals surface area contributed by atoms with Crippen LogP contribution in [0.25, 0.3) is 11.0 Å². The number of aromatic nitrogens is 3. The van der Waals surface area contributed by atoms with Crippen LogP contribution in [0.1, 0.15) is 49.2 Å². The van der Waals surface area contributed by atoms with Crippen molar-refractivity contribution < 1.29 is 19.4 Å². The van der Waals surface area contributed by atoms with Gasteiger partial charge in [-0.25, -0.2) is 9.67 Å². The summed E-state index contributed by atoms with van der Waals surface area (Å²) in [6, 6.07) is 8.85. The van der Waals surface area contributed by atoms with Gasteiger partial charge < -0.3 is 15.2 Å². The van der Waals surface area contributed by atoms with Crippen molar-refractivity contribution in [2.45, 2.75) is 38.8 Å². The van der Waals surface area contributed by atoms with Gasteiger partial charge in [0, 0.05) is 17.6 Å². The molecule has 0 aliphatic heterocycles. The molecule has 0 spiro atoms. The lowest BCUT2D eigenvalue weighted by Gasteiger charge is -2.30. The molecule has 2 N–H and O–H groups in total. The molecule has 1 aromatic carbocycles. The average molecular weight is 396 g/mol. The van der Waals surface area contributed by atoms with Crippen molar-refractivity contribution in [2.75, 3.05) is 7.11 Å². The number of nitrogens with zero attached hydrogens (tertiary/aromatic N) is 3. The van der Waals surface area contributed by atoms with Gasteiger partial charge in [-0.2, -0.15) is 5.10 Å². The summed E-state index contributed by atoms with van der Waals surface area (Å²) in [6.07, 6.45) is 2.86. The summed E-state index contributed by atoms with van der Waals surface area (Å²) in [4.78, 5) is 28.8. The minimum absolute atomic E-state index is 0.145. The van der Waals surface area contributed by atoms with Gasteiger partial charge in [-0.05, 0) is 44.5 Å². The molecule has 1 atom stereocenters. The number of hydrogen-bond donors (Lipinski definition) is 2. The van der Waals surface area contributed by atoms with Gasteiger partial charge in [0.25, 0.3) is 5.91 Å². The topological polar surface area (TPSA) is 106 Å². The van der Waals surface area contributed by atoms with Crippen molar-refractivity contribution in [3.8, 4) is 5.75 Å². The first-order valence-electron chi connectivity index (χ1n) is 9.25. The molecule has 8 nitrogen and oxygen atoms in total. The highest BCUT2D eigenvalue weighted by Crippen LogP contribution is 2.28.